The Bertz CT molecular complexity index is 4480. The fourth-order valence-corrected chi connectivity index (χ4v) is 11.1. The molecule has 0 N–H and O–H groups in total. The third kappa shape index (κ3) is 4.51. The summed E-state index contributed by atoms with van der Waals surface area (Å²) in [5.41, 5.74) is 12.8. The van der Waals surface area contributed by atoms with Gasteiger partial charge in [-0.2, -0.15) is 0 Å². The largest absolute Gasteiger partial charge is 0.456 e. The van der Waals surface area contributed by atoms with Crippen LogP contribution in [0.5, 0.6) is 0 Å². The van der Waals surface area contributed by atoms with E-state index in [1.165, 1.54) is 59.7 Å². The Hall–Kier alpha value is -8.60. The van der Waals surface area contributed by atoms with E-state index in [1.54, 1.807) is 0 Å². The predicted molar refractivity (Wildman–Crippen MR) is 268 cm³/mol. The summed E-state index contributed by atoms with van der Waals surface area (Å²) < 4.78 is 17.9. The average Bonchev–Trinajstić information content (AvgIpc) is 4.11. The van der Waals surface area contributed by atoms with Gasteiger partial charge >= 0.3 is 0 Å². The van der Waals surface area contributed by atoms with Crippen LogP contribution in [0.2, 0.25) is 0 Å². The van der Waals surface area contributed by atoms with Crippen LogP contribution in [-0.2, 0) is 0 Å². The molecule has 4 heteroatoms. The fourth-order valence-electron chi connectivity index (χ4n) is 11.1. The summed E-state index contributed by atoms with van der Waals surface area (Å²) >= 11 is 0. The first-order valence-electron chi connectivity index (χ1n) is 21.9. The van der Waals surface area contributed by atoms with Crippen LogP contribution in [-0.4, -0.2) is 9.13 Å². The molecule has 0 fully saturated rings. The van der Waals surface area contributed by atoms with Crippen LogP contribution >= 0.6 is 0 Å². The number of para-hydroxylation sites is 4. The van der Waals surface area contributed by atoms with Gasteiger partial charge in [-0.15, -0.1) is 0 Å². The standard InChI is InChI=1S/C60H34N2O2/c1-2-12-37(13-3-1)61-50-19-9-6-17-45(50)58-52(61)28-26-42-39-14-4-5-15-40(39)47-32-35(22-25-43(47)57(42)58)36-23-30-56-48(33-36)44-27-29-53-59(60(44)64-56)46-18-7-10-20-51(46)62(53)38-24-31-55-49(34-38)41-16-8-11-21-54(41)63-55/h1-34H. The van der Waals surface area contributed by atoms with Gasteiger partial charge in [-0.25, -0.2) is 0 Å². The summed E-state index contributed by atoms with van der Waals surface area (Å²) in [4.78, 5) is 0. The molecular weight excluding hydrogens is 781 g/mol. The minimum atomic E-state index is 0.879. The van der Waals surface area contributed by atoms with Gasteiger partial charge in [0.05, 0.1) is 27.5 Å². The van der Waals surface area contributed by atoms with Crippen LogP contribution in [0.4, 0.5) is 0 Å². The van der Waals surface area contributed by atoms with E-state index in [0.29, 0.717) is 0 Å². The molecule has 0 aliphatic rings. The molecule has 4 aromatic heterocycles. The van der Waals surface area contributed by atoms with E-state index in [1.807, 2.05) is 12.1 Å². The number of aromatic nitrogens is 2. The van der Waals surface area contributed by atoms with Gasteiger partial charge in [-0.1, -0.05) is 121 Å². The van der Waals surface area contributed by atoms with Crippen LogP contribution in [0.25, 0.3) is 142 Å². The van der Waals surface area contributed by atoms with E-state index in [2.05, 4.69) is 203 Å². The molecule has 0 saturated heterocycles. The molecule has 0 amide bonds. The predicted octanol–water partition coefficient (Wildman–Crippen LogP) is 16.8. The Balaban J connectivity index is 0.941. The summed E-state index contributed by atoms with van der Waals surface area (Å²) in [5.74, 6) is 0. The van der Waals surface area contributed by atoms with Gasteiger partial charge in [-0.05, 0) is 123 Å². The number of benzene rings is 11. The van der Waals surface area contributed by atoms with Gasteiger partial charge in [-0.3, -0.25) is 0 Å². The molecule has 0 bridgehead atoms. The van der Waals surface area contributed by atoms with E-state index >= 15 is 0 Å². The van der Waals surface area contributed by atoms with Crippen molar-refractivity contribution in [3.63, 3.8) is 0 Å². The van der Waals surface area contributed by atoms with Gasteiger partial charge in [0, 0.05) is 54.5 Å². The van der Waals surface area contributed by atoms with Crippen molar-refractivity contribution in [2.75, 3.05) is 0 Å². The van der Waals surface area contributed by atoms with Crippen LogP contribution in [0.3, 0.4) is 0 Å². The topological polar surface area (TPSA) is 36.1 Å². The quantitative estimate of drug-likeness (QED) is 0.167. The van der Waals surface area contributed by atoms with E-state index in [9.17, 15) is 0 Å². The molecule has 0 saturated carbocycles. The number of hydrogen-bond donors (Lipinski definition) is 0. The number of nitrogens with zero attached hydrogens (tertiary/aromatic N) is 2. The third-order valence-electron chi connectivity index (χ3n) is 13.9. The molecule has 0 atom stereocenters. The van der Waals surface area contributed by atoms with Gasteiger partial charge in [0.15, 0.2) is 0 Å². The van der Waals surface area contributed by atoms with Crippen molar-refractivity contribution < 1.29 is 8.83 Å². The van der Waals surface area contributed by atoms with Crippen molar-refractivity contribution in [1.82, 2.24) is 9.13 Å². The summed E-state index contributed by atoms with van der Waals surface area (Å²) in [7, 11) is 0. The maximum absolute atomic E-state index is 6.89. The molecule has 15 rings (SSSR count). The molecule has 64 heavy (non-hydrogen) atoms. The zero-order valence-corrected chi connectivity index (χ0v) is 34.3. The lowest BCUT2D eigenvalue weighted by Crippen LogP contribution is -1.93. The molecule has 15 aromatic rings. The summed E-state index contributed by atoms with van der Waals surface area (Å²) in [6.45, 7) is 0. The van der Waals surface area contributed by atoms with Gasteiger partial charge in [0.25, 0.3) is 0 Å². The van der Waals surface area contributed by atoms with Gasteiger partial charge in [0.1, 0.15) is 22.3 Å². The number of furan rings is 2. The van der Waals surface area contributed by atoms with E-state index < -0.39 is 0 Å². The smallest absolute Gasteiger partial charge is 0.145 e. The number of rotatable bonds is 3. The fraction of sp³-hybridized carbons (Fsp3) is 0. The minimum absolute atomic E-state index is 0.879. The van der Waals surface area contributed by atoms with Crippen LogP contribution in [0.1, 0.15) is 0 Å². The summed E-state index contributed by atoms with van der Waals surface area (Å²) in [6.07, 6.45) is 0. The number of fused-ring (bicyclic) bond motifs is 20. The molecule has 0 spiro atoms. The van der Waals surface area contributed by atoms with Gasteiger partial charge in [0.2, 0.25) is 0 Å². The maximum atomic E-state index is 6.89. The molecule has 0 aliphatic heterocycles. The molecule has 0 aliphatic carbocycles. The average molecular weight is 815 g/mol. The third-order valence-corrected chi connectivity index (χ3v) is 13.9. The second-order valence-corrected chi connectivity index (χ2v) is 17.2. The highest BCUT2D eigenvalue weighted by Gasteiger charge is 2.22. The minimum Gasteiger partial charge on any atom is -0.456 e. The molecule has 0 unspecified atom stereocenters. The highest BCUT2D eigenvalue weighted by atomic mass is 16.3. The van der Waals surface area contributed by atoms with Crippen molar-refractivity contribution >= 4 is 120 Å². The molecule has 4 heterocycles. The lowest BCUT2D eigenvalue weighted by Gasteiger charge is -2.14. The van der Waals surface area contributed by atoms with Crippen molar-refractivity contribution in [3.05, 3.63) is 206 Å². The SMILES string of the molecule is c1ccc(-n2c3ccccc3c3c4c(ccc32)c2ccccc2c2cc(-c3ccc5oc6c(ccc7c6c6ccccc6n7-c6ccc7oc8ccccc8c7c6)c5c3)ccc24)cc1. The molecular formula is C60H34N2O2. The Morgan fingerprint density at radius 3 is 1.56 bits per heavy atom. The van der Waals surface area contributed by atoms with Crippen molar-refractivity contribution in [2.24, 2.45) is 0 Å². The maximum Gasteiger partial charge on any atom is 0.145 e. The first-order valence-corrected chi connectivity index (χ1v) is 21.9. The second kappa shape index (κ2) is 12.5. The summed E-state index contributed by atoms with van der Waals surface area (Å²) in [6, 6.07) is 74.8. The van der Waals surface area contributed by atoms with Crippen LogP contribution < -0.4 is 0 Å². The molecule has 0 radical (unpaired) electrons. The molecule has 296 valence electrons. The van der Waals surface area contributed by atoms with Crippen molar-refractivity contribution in [2.45, 2.75) is 0 Å². The zero-order chi connectivity index (χ0) is 41.6. The first kappa shape index (κ1) is 34.0. The monoisotopic (exact) mass is 814 g/mol. The van der Waals surface area contributed by atoms with Crippen molar-refractivity contribution in [1.29, 1.82) is 0 Å². The van der Waals surface area contributed by atoms with E-state index in [0.717, 1.165) is 82.6 Å². The Morgan fingerprint density at radius 2 is 0.766 bits per heavy atom. The number of hydrogen-bond acceptors (Lipinski definition) is 2. The lowest BCUT2D eigenvalue weighted by molar-refractivity contribution is 0.669. The first-order chi connectivity index (χ1) is 31.7. The Labute approximate surface area is 365 Å². The van der Waals surface area contributed by atoms with E-state index in [4.69, 9.17) is 8.83 Å². The van der Waals surface area contributed by atoms with Crippen LogP contribution in [0, 0.1) is 0 Å². The van der Waals surface area contributed by atoms with Gasteiger partial charge < -0.3 is 18.0 Å². The highest BCUT2D eigenvalue weighted by molar-refractivity contribution is 6.35. The Kier molecular flexibility index (Phi) is 6.65. The van der Waals surface area contributed by atoms with Crippen LogP contribution in [0.15, 0.2) is 215 Å². The molecule has 11 aromatic carbocycles. The zero-order valence-electron chi connectivity index (χ0n) is 34.3. The summed E-state index contributed by atoms with van der Waals surface area (Å²) in [5, 5.41) is 16.9. The molecule has 4 nitrogen and oxygen atoms in total. The van der Waals surface area contributed by atoms with Crippen molar-refractivity contribution in [3.8, 4) is 22.5 Å². The highest BCUT2D eigenvalue weighted by Crippen LogP contribution is 2.46. The van der Waals surface area contributed by atoms with E-state index in [-0.39, 0.29) is 0 Å². The lowest BCUT2D eigenvalue weighted by atomic mass is 9.90. The second-order valence-electron chi connectivity index (χ2n) is 17.2. The Morgan fingerprint density at radius 1 is 0.250 bits per heavy atom. The normalized spacial score (nSPS) is 12.4.